The second kappa shape index (κ2) is 4.61. The number of carbonyl (C=O) groups is 1. The van der Waals surface area contributed by atoms with Crippen LogP contribution in [-0.4, -0.2) is 17.1 Å². The van der Waals surface area contributed by atoms with Crippen LogP contribution in [0.5, 0.6) is 0 Å². The monoisotopic (exact) mass is 185 g/mol. The van der Waals surface area contributed by atoms with Gasteiger partial charge in [-0.05, 0) is 18.3 Å². The van der Waals surface area contributed by atoms with Gasteiger partial charge in [-0.25, -0.2) is 0 Å². The van der Waals surface area contributed by atoms with Crippen molar-refractivity contribution in [3.8, 4) is 0 Å². The maximum absolute atomic E-state index is 10.6. The van der Waals surface area contributed by atoms with Crippen molar-refractivity contribution in [2.45, 2.75) is 45.1 Å². The van der Waals surface area contributed by atoms with Gasteiger partial charge in [0.25, 0.3) is 0 Å². The first-order valence-electron chi connectivity index (χ1n) is 5.12. The molecule has 1 aliphatic carbocycles. The summed E-state index contributed by atoms with van der Waals surface area (Å²) in [6.07, 6.45) is 4.72. The lowest BCUT2D eigenvalue weighted by molar-refractivity contribution is -0.139. The Balaban J connectivity index is 2.47. The minimum atomic E-state index is -0.708. The Morgan fingerprint density at radius 2 is 2.23 bits per heavy atom. The molecule has 0 aliphatic heterocycles. The molecule has 1 rings (SSSR count). The van der Waals surface area contributed by atoms with Crippen molar-refractivity contribution in [1.82, 2.24) is 0 Å². The molecule has 1 fully saturated rings. The Morgan fingerprint density at radius 3 is 2.54 bits per heavy atom. The highest BCUT2D eigenvalue weighted by atomic mass is 16.4. The van der Waals surface area contributed by atoms with E-state index in [2.05, 4.69) is 0 Å². The minimum Gasteiger partial charge on any atom is -0.481 e. The van der Waals surface area contributed by atoms with Gasteiger partial charge in [0.05, 0.1) is 0 Å². The molecule has 0 amide bonds. The summed E-state index contributed by atoms with van der Waals surface area (Å²) >= 11 is 0. The maximum Gasteiger partial charge on any atom is 0.303 e. The SMILES string of the molecule is CCC(N)C(CC(=O)O)C1CCC1. The van der Waals surface area contributed by atoms with E-state index in [0.29, 0.717) is 5.92 Å². The van der Waals surface area contributed by atoms with E-state index >= 15 is 0 Å². The normalized spacial score (nSPS) is 22.0. The van der Waals surface area contributed by atoms with E-state index in [9.17, 15) is 4.79 Å². The molecule has 3 N–H and O–H groups in total. The molecule has 3 nitrogen and oxygen atoms in total. The molecule has 3 heteroatoms. The van der Waals surface area contributed by atoms with Gasteiger partial charge < -0.3 is 10.8 Å². The third-order valence-electron chi connectivity index (χ3n) is 3.19. The molecule has 1 aliphatic rings. The third-order valence-corrected chi connectivity index (χ3v) is 3.19. The fourth-order valence-electron chi connectivity index (χ4n) is 2.04. The van der Waals surface area contributed by atoms with Gasteiger partial charge in [0.15, 0.2) is 0 Å². The summed E-state index contributed by atoms with van der Waals surface area (Å²) in [6.45, 7) is 2.03. The molecule has 13 heavy (non-hydrogen) atoms. The van der Waals surface area contributed by atoms with Crippen LogP contribution in [0, 0.1) is 11.8 Å². The van der Waals surface area contributed by atoms with Gasteiger partial charge in [0, 0.05) is 12.5 Å². The summed E-state index contributed by atoms with van der Waals surface area (Å²) in [5.74, 6) is 0.0723. The van der Waals surface area contributed by atoms with Gasteiger partial charge >= 0.3 is 5.97 Å². The average Bonchev–Trinajstić information content (AvgIpc) is 1.98. The lowest BCUT2D eigenvalue weighted by Crippen LogP contribution is -2.38. The summed E-state index contributed by atoms with van der Waals surface area (Å²) in [7, 11) is 0. The highest BCUT2D eigenvalue weighted by Gasteiger charge is 2.32. The second-order valence-corrected chi connectivity index (χ2v) is 4.02. The van der Waals surface area contributed by atoms with Crippen molar-refractivity contribution in [1.29, 1.82) is 0 Å². The smallest absolute Gasteiger partial charge is 0.303 e. The van der Waals surface area contributed by atoms with E-state index < -0.39 is 5.97 Å². The molecule has 76 valence electrons. The van der Waals surface area contributed by atoms with Crippen molar-refractivity contribution in [3.05, 3.63) is 0 Å². The van der Waals surface area contributed by atoms with Crippen molar-refractivity contribution in [2.75, 3.05) is 0 Å². The first-order chi connectivity index (χ1) is 6.15. The van der Waals surface area contributed by atoms with Gasteiger partial charge in [0.2, 0.25) is 0 Å². The zero-order valence-corrected chi connectivity index (χ0v) is 8.20. The fraction of sp³-hybridized carbons (Fsp3) is 0.900. The lowest BCUT2D eigenvalue weighted by atomic mass is 9.71. The zero-order valence-electron chi connectivity index (χ0n) is 8.20. The van der Waals surface area contributed by atoms with Crippen LogP contribution in [0.25, 0.3) is 0 Å². The van der Waals surface area contributed by atoms with Crippen molar-refractivity contribution in [3.63, 3.8) is 0 Å². The second-order valence-electron chi connectivity index (χ2n) is 4.02. The zero-order chi connectivity index (χ0) is 9.84. The summed E-state index contributed by atoms with van der Waals surface area (Å²) in [4.78, 5) is 10.6. The molecule has 0 spiro atoms. The van der Waals surface area contributed by atoms with E-state index in [-0.39, 0.29) is 18.4 Å². The number of hydrogen-bond donors (Lipinski definition) is 2. The van der Waals surface area contributed by atoms with Gasteiger partial charge in [-0.15, -0.1) is 0 Å². The molecule has 0 aromatic heterocycles. The molecular weight excluding hydrogens is 166 g/mol. The minimum absolute atomic E-state index is 0.0707. The summed E-state index contributed by atoms with van der Waals surface area (Å²) in [5.41, 5.74) is 5.91. The van der Waals surface area contributed by atoms with Crippen LogP contribution >= 0.6 is 0 Å². The Labute approximate surface area is 79.3 Å². The predicted octanol–water partition coefficient (Wildman–Crippen LogP) is 1.61. The topological polar surface area (TPSA) is 63.3 Å². The number of carboxylic acids is 1. The standard InChI is InChI=1S/C10H19NO2/c1-2-9(11)8(6-10(12)13)7-4-3-5-7/h7-9H,2-6,11H2,1H3,(H,12,13). The van der Waals surface area contributed by atoms with E-state index in [1.165, 1.54) is 19.3 Å². The number of hydrogen-bond acceptors (Lipinski definition) is 2. The van der Waals surface area contributed by atoms with Crippen molar-refractivity contribution < 1.29 is 9.90 Å². The number of nitrogens with two attached hydrogens (primary N) is 1. The van der Waals surface area contributed by atoms with Gasteiger partial charge in [0.1, 0.15) is 0 Å². The van der Waals surface area contributed by atoms with E-state index in [0.717, 1.165) is 6.42 Å². The molecule has 2 atom stereocenters. The Kier molecular flexibility index (Phi) is 3.72. The highest BCUT2D eigenvalue weighted by Crippen LogP contribution is 2.37. The predicted molar refractivity (Wildman–Crippen MR) is 51.4 cm³/mol. The van der Waals surface area contributed by atoms with Crippen LogP contribution in [-0.2, 0) is 4.79 Å². The molecule has 0 aromatic carbocycles. The molecule has 0 bridgehead atoms. The van der Waals surface area contributed by atoms with E-state index in [1.807, 2.05) is 6.92 Å². The largest absolute Gasteiger partial charge is 0.481 e. The Bertz CT molecular complexity index is 173. The molecule has 0 aromatic rings. The Morgan fingerprint density at radius 1 is 1.62 bits per heavy atom. The molecular formula is C10H19NO2. The highest BCUT2D eigenvalue weighted by molar-refractivity contribution is 5.67. The summed E-state index contributed by atoms with van der Waals surface area (Å²) < 4.78 is 0. The maximum atomic E-state index is 10.6. The van der Waals surface area contributed by atoms with Crippen LogP contribution in [0.2, 0.25) is 0 Å². The van der Waals surface area contributed by atoms with E-state index in [1.54, 1.807) is 0 Å². The van der Waals surface area contributed by atoms with Crippen LogP contribution in [0.15, 0.2) is 0 Å². The Hall–Kier alpha value is -0.570. The molecule has 0 heterocycles. The van der Waals surface area contributed by atoms with E-state index in [4.69, 9.17) is 10.8 Å². The number of aliphatic carboxylic acids is 1. The lowest BCUT2D eigenvalue weighted by Gasteiger charge is -2.36. The van der Waals surface area contributed by atoms with Crippen molar-refractivity contribution >= 4 is 5.97 Å². The van der Waals surface area contributed by atoms with Crippen molar-refractivity contribution in [2.24, 2.45) is 17.6 Å². The first-order valence-corrected chi connectivity index (χ1v) is 5.12. The molecule has 0 radical (unpaired) electrons. The number of carboxylic acid groups (broad SMARTS) is 1. The van der Waals surface area contributed by atoms with Crippen LogP contribution < -0.4 is 5.73 Å². The average molecular weight is 185 g/mol. The van der Waals surface area contributed by atoms with Crippen LogP contribution in [0.4, 0.5) is 0 Å². The summed E-state index contributed by atoms with van der Waals surface area (Å²) in [5, 5.41) is 8.74. The van der Waals surface area contributed by atoms with Gasteiger partial charge in [-0.3, -0.25) is 4.79 Å². The third kappa shape index (κ3) is 2.69. The molecule has 0 saturated heterocycles. The quantitative estimate of drug-likeness (QED) is 0.684. The fourth-order valence-corrected chi connectivity index (χ4v) is 2.04. The first kappa shape index (κ1) is 10.5. The molecule has 2 unspecified atom stereocenters. The number of rotatable bonds is 5. The van der Waals surface area contributed by atoms with Gasteiger partial charge in [-0.2, -0.15) is 0 Å². The van der Waals surface area contributed by atoms with Crippen LogP contribution in [0.3, 0.4) is 0 Å². The van der Waals surface area contributed by atoms with Gasteiger partial charge in [-0.1, -0.05) is 26.2 Å². The molecule has 1 saturated carbocycles. The summed E-state index contributed by atoms with van der Waals surface area (Å²) in [6, 6.07) is 0.0707. The van der Waals surface area contributed by atoms with Crippen LogP contribution in [0.1, 0.15) is 39.0 Å².